The minimum Gasteiger partial charge on any atom is -0.497 e. The van der Waals surface area contributed by atoms with Crippen LogP contribution in [-0.2, 0) is 0 Å². The summed E-state index contributed by atoms with van der Waals surface area (Å²) >= 11 is 0. The number of nitrogens with one attached hydrogen (secondary N) is 3. The maximum atomic E-state index is 11.9. The monoisotopic (exact) mass is 367 g/mol. The average Bonchev–Trinajstić information content (AvgIpc) is 3.13. The third-order valence-corrected chi connectivity index (χ3v) is 3.67. The molecule has 0 aliphatic rings. The molecule has 9 nitrogen and oxygen atoms in total. The zero-order valence-corrected chi connectivity index (χ0v) is 15.1. The van der Waals surface area contributed by atoms with Gasteiger partial charge >= 0.3 is 6.03 Å². The van der Waals surface area contributed by atoms with Crippen LogP contribution in [0.3, 0.4) is 0 Å². The first-order valence-electron chi connectivity index (χ1n) is 8.43. The summed E-state index contributed by atoms with van der Waals surface area (Å²) in [7, 11) is 1.60. The van der Waals surface area contributed by atoms with Gasteiger partial charge in [0.15, 0.2) is 5.82 Å². The molecule has 0 radical (unpaired) electrons. The van der Waals surface area contributed by atoms with E-state index in [9.17, 15) is 4.79 Å². The number of rotatable bonds is 7. The molecule has 3 aromatic rings. The van der Waals surface area contributed by atoms with E-state index in [-0.39, 0.29) is 6.03 Å². The van der Waals surface area contributed by atoms with Crippen LogP contribution >= 0.6 is 0 Å². The van der Waals surface area contributed by atoms with E-state index < -0.39 is 0 Å². The van der Waals surface area contributed by atoms with Gasteiger partial charge in [0.25, 0.3) is 0 Å². The van der Waals surface area contributed by atoms with Crippen molar-refractivity contribution in [2.75, 3.05) is 30.8 Å². The summed E-state index contributed by atoms with van der Waals surface area (Å²) in [4.78, 5) is 11.9. The highest BCUT2D eigenvalue weighted by atomic mass is 16.5. The summed E-state index contributed by atoms with van der Waals surface area (Å²) < 4.78 is 6.74. The zero-order valence-electron chi connectivity index (χ0n) is 15.1. The molecule has 2 amide bonds. The number of anilines is 2. The van der Waals surface area contributed by atoms with Crippen LogP contribution < -0.4 is 20.7 Å². The van der Waals surface area contributed by atoms with Crippen molar-refractivity contribution < 1.29 is 9.53 Å². The number of benzene rings is 1. The Morgan fingerprint density at radius 2 is 1.89 bits per heavy atom. The summed E-state index contributed by atoms with van der Waals surface area (Å²) in [6.07, 6.45) is 1.83. The van der Waals surface area contributed by atoms with Gasteiger partial charge in [-0.15, -0.1) is 10.2 Å². The molecule has 2 heterocycles. The lowest BCUT2D eigenvalue weighted by Crippen LogP contribution is -2.32. The van der Waals surface area contributed by atoms with Gasteiger partial charge in [-0.1, -0.05) is 0 Å². The number of carbonyl (C=O) groups excluding carboxylic acids is 1. The normalized spacial score (nSPS) is 10.3. The summed E-state index contributed by atoms with van der Waals surface area (Å²) in [6.45, 7) is 2.87. The second-order valence-electron chi connectivity index (χ2n) is 5.71. The molecular formula is C18H21N7O2. The van der Waals surface area contributed by atoms with E-state index >= 15 is 0 Å². The van der Waals surface area contributed by atoms with Crippen LogP contribution in [-0.4, -0.2) is 46.2 Å². The molecule has 0 aliphatic carbocycles. The maximum Gasteiger partial charge on any atom is 0.319 e. The number of nitrogens with zero attached hydrogens (tertiary/aromatic N) is 4. The first-order chi connectivity index (χ1) is 13.1. The van der Waals surface area contributed by atoms with Crippen LogP contribution in [0.15, 0.2) is 48.7 Å². The maximum absolute atomic E-state index is 11.9. The molecule has 140 valence electrons. The van der Waals surface area contributed by atoms with E-state index in [1.54, 1.807) is 36.1 Å². The second kappa shape index (κ2) is 8.65. The molecule has 0 aliphatic heterocycles. The quantitative estimate of drug-likeness (QED) is 0.553. The highest BCUT2D eigenvalue weighted by Crippen LogP contribution is 2.14. The Labute approximate surface area is 156 Å². The number of hydrogen-bond donors (Lipinski definition) is 3. The average molecular weight is 367 g/mol. The number of amides is 2. The van der Waals surface area contributed by atoms with Gasteiger partial charge in [0.05, 0.1) is 12.8 Å². The Kier molecular flexibility index (Phi) is 5.83. The molecule has 0 saturated heterocycles. The van der Waals surface area contributed by atoms with Crippen LogP contribution in [0, 0.1) is 6.92 Å². The van der Waals surface area contributed by atoms with Crippen molar-refractivity contribution in [1.82, 2.24) is 25.3 Å². The van der Waals surface area contributed by atoms with Crippen molar-refractivity contribution in [3.8, 4) is 11.6 Å². The second-order valence-corrected chi connectivity index (χ2v) is 5.71. The number of ether oxygens (including phenoxy) is 1. The molecule has 0 unspecified atom stereocenters. The largest absolute Gasteiger partial charge is 0.497 e. The fourth-order valence-corrected chi connectivity index (χ4v) is 2.30. The SMILES string of the molecule is COc1ccc(NC(=O)NCCNc2ccc(-n3ccc(C)n3)nn2)cc1. The summed E-state index contributed by atoms with van der Waals surface area (Å²) in [5, 5.41) is 21.1. The number of urea groups is 1. The first-order valence-corrected chi connectivity index (χ1v) is 8.43. The molecule has 0 saturated carbocycles. The molecular weight excluding hydrogens is 346 g/mol. The van der Waals surface area contributed by atoms with Crippen molar-refractivity contribution in [2.24, 2.45) is 0 Å². The molecule has 0 bridgehead atoms. The third kappa shape index (κ3) is 5.18. The summed E-state index contributed by atoms with van der Waals surface area (Å²) in [5.41, 5.74) is 1.61. The molecule has 3 N–H and O–H groups in total. The van der Waals surface area contributed by atoms with Crippen LogP contribution in [0.2, 0.25) is 0 Å². The van der Waals surface area contributed by atoms with Gasteiger partial charge in [-0.25, -0.2) is 9.48 Å². The van der Waals surface area contributed by atoms with Gasteiger partial charge in [0, 0.05) is 25.0 Å². The van der Waals surface area contributed by atoms with Gasteiger partial charge in [-0.3, -0.25) is 0 Å². The lowest BCUT2D eigenvalue weighted by molar-refractivity contribution is 0.252. The molecule has 2 aromatic heterocycles. The number of aryl methyl sites for hydroxylation is 1. The fourth-order valence-electron chi connectivity index (χ4n) is 2.30. The highest BCUT2D eigenvalue weighted by molar-refractivity contribution is 5.89. The van der Waals surface area contributed by atoms with Gasteiger partial charge in [0.1, 0.15) is 11.6 Å². The van der Waals surface area contributed by atoms with E-state index in [2.05, 4.69) is 31.2 Å². The van der Waals surface area contributed by atoms with Crippen molar-refractivity contribution in [2.45, 2.75) is 6.92 Å². The molecule has 0 atom stereocenters. The topological polar surface area (TPSA) is 106 Å². The number of hydrogen-bond acceptors (Lipinski definition) is 6. The van der Waals surface area contributed by atoms with Crippen LogP contribution in [0.25, 0.3) is 5.82 Å². The highest BCUT2D eigenvalue weighted by Gasteiger charge is 2.03. The van der Waals surface area contributed by atoms with E-state index in [0.29, 0.717) is 30.4 Å². The first kappa shape index (κ1) is 18.2. The Morgan fingerprint density at radius 3 is 2.52 bits per heavy atom. The molecule has 0 fully saturated rings. The van der Waals surface area contributed by atoms with Gasteiger partial charge in [-0.05, 0) is 49.4 Å². The predicted octanol–water partition coefficient (Wildman–Crippen LogP) is 2.21. The van der Waals surface area contributed by atoms with Gasteiger partial charge < -0.3 is 20.7 Å². The van der Waals surface area contributed by atoms with E-state index in [1.165, 1.54) is 0 Å². The Bertz CT molecular complexity index is 875. The minimum absolute atomic E-state index is 0.280. The number of aromatic nitrogens is 4. The molecule has 9 heteroatoms. The van der Waals surface area contributed by atoms with Crippen molar-refractivity contribution in [3.05, 3.63) is 54.4 Å². The third-order valence-electron chi connectivity index (χ3n) is 3.67. The van der Waals surface area contributed by atoms with Crippen LogP contribution in [0.1, 0.15) is 5.69 Å². The Morgan fingerprint density at radius 1 is 1.07 bits per heavy atom. The number of methoxy groups -OCH3 is 1. The predicted molar refractivity (Wildman–Crippen MR) is 102 cm³/mol. The molecule has 0 spiro atoms. The van der Waals surface area contributed by atoms with Crippen molar-refractivity contribution in [3.63, 3.8) is 0 Å². The molecule has 3 rings (SSSR count). The molecule has 27 heavy (non-hydrogen) atoms. The minimum atomic E-state index is -0.280. The standard InChI is InChI=1S/C18H21N7O2/c1-13-9-12-25(24-13)17-8-7-16(22-23-17)19-10-11-20-18(26)21-14-3-5-15(27-2)6-4-14/h3-9,12H,10-11H2,1-2H3,(H,19,22)(H2,20,21,26). The van der Waals surface area contributed by atoms with Crippen LogP contribution in [0.4, 0.5) is 16.3 Å². The van der Waals surface area contributed by atoms with Crippen LogP contribution in [0.5, 0.6) is 5.75 Å². The van der Waals surface area contributed by atoms with E-state index in [0.717, 1.165) is 11.4 Å². The van der Waals surface area contributed by atoms with Crippen molar-refractivity contribution >= 4 is 17.5 Å². The molecule has 1 aromatic carbocycles. The zero-order chi connectivity index (χ0) is 19.1. The lowest BCUT2D eigenvalue weighted by atomic mass is 10.3. The Balaban J connectivity index is 1.39. The lowest BCUT2D eigenvalue weighted by Gasteiger charge is -2.09. The summed E-state index contributed by atoms with van der Waals surface area (Å²) in [6, 6.07) is 12.4. The number of carbonyl (C=O) groups is 1. The summed E-state index contributed by atoms with van der Waals surface area (Å²) in [5.74, 6) is 2.01. The van der Waals surface area contributed by atoms with Crippen molar-refractivity contribution in [1.29, 1.82) is 0 Å². The van der Waals surface area contributed by atoms with Gasteiger partial charge in [-0.2, -0.15) is 5.10 Å². The van der Waals surface area contributed by atoms with E-state index in [4.69, 9.17) is 4.74 Å². The van der Waals surface area contributed by atoms with Gasteiger partial charge in [0.2, 0.25) is 0 Å². The van der Waals surface area contributed by atoms with E-state index in [1.807, 2.05) is 31.3 Å². The Hall–Kier alpha value is -3.62. The fraction of sp³-hybridized carbons (Fsp3) is 0.222. The smallest absolute Gasteiger partial charge is 0.319 e.